The van der Waals surface area contributed by atoms with Crippen LogP contribution in [-0.4, -0.2) is 40.1 Å². The van der Waals surface area contributed by atoms with Crippen molar-refractivity contribution in [1.29, 1.82) is 0 Å². The number of ether oxygens (including phenoxy) is 1. The lowest BCUT2D eigenvalue weighted by Gasteiger charge is -2.47. The van der Waals surface area contributed by atoms with E-state index in [2.05, 4.69) is 0 Å². The van der Waals surface area contributed by atoms with E-state index in [1.165, 1.54) is 12.1 Å². The maximum Gasteiger partial charge on any atom is 0.415 e. The lowest BCUT2D eigenvalue weighted by molar-refractivity contribution is -0.142. The van der Waals surface area contributed by atoms with E-state index in [1.807, 2.05) is 29.2 Å². The molecule has 0 radical (unpaired) electrons. The molecule has 0 aromatic heterocycles. The summed E-state index contributed by atoms with van der Waals surface area (Å²) in [4.78, 5) is 41.7. The van der Waals surface area contributed by atoms with Gasteiger partial charge in [-0.2, -0.15) is 0 Å². The van der Waals surface area contributed by atoms with E-state index in [0.29, 0.717) is 5.56 Å². The molecule has 2 fully saturated rings. The van der Waals surface area contributed by atoms with Crippen molar-refractivity contribution in [2.45, 2.75) is 76.1 Å². The van der Waals surface area contributed by atoms with Crippen LogP contribution in [0.5, 0.6) is 0 Å². The number of carboxylic acids is 1. The maximum atomic E-state index is 13.6. The molecule has 1 heterocycles. The maximum absolute atomic E-state index is 13.6. The molecule has 5 rings (SSSR count). The van der Waals surface area contributed by atoms with Crippen molar-refractivity contribution >= 4 is 23.7 Å². The van der Waals surface area contributed by atoms with Gasteiger partial charge in [0.2, 0.25) is 5.91 Å². The third-order valence-corrected chi connectivity index (χ3v) is 7.68. The largest absolute Gasteiger partial charge is 0.481 e. The third-order valence-electron chi connectivity index (χ3n) is 7.68. The van der Waals surface area contributed by atoms with Crippen LogP contribution in [0.1, 0.15) is 75.1 Å². The summed E-state index contributed by atoms with van der Waals surface area (Å²) >= 11 is 0. The van der Waals surface area contributed by atoms with Gasteiger partial charge in [0.25, 0.3) is 0 Å². The Morgan fingerprint density at radius 1 is 1.06 bits per heavy atom. The van der Waals surface area contributed by atoms with Gasteiger partial charge in [-0.15, -0.1) is 0 Å². The highest BCUT2D eigenvalue weighted by molar-refractivity contribution is 5.91. The molecule has 2 saturated carbocycles. The Balaban J connectivity index is 1.46. The number of hydrogen-bond donors (Lipinski definition) is 1. The molecule has 3 unspecified atom stereocenters. The number of anilines is 1. The Morgan fingerprint density at radius 3 is 2.47 bits per heavy atom. The molecule has 4 atom stereocenters. The molecule has 7 nitrogen and oxygen atoms in total. The van der Waals surface area contributed by atoms with Crippen LogP contribution < -0.4 is 4.90 Å². The van der Waals surface area contributed by atoms with Gasteiger partial charge in [-0.3, -0.25) is 14.5 Å². The minimum atomic E-state index is -0.980. The highest BCUT2D eigenvalue weighted by Gasteiger charge is 2.51. The van der Waals surface area contributed by atoms with E-state index in [0.717, 1.165) is 43.4 Å². The number of aliphatic carboxylic acids is 1. The minimum Gasteiger partial charge on any atom is -0.481 e. The van der Waals surface area contributed by atoms with Gasteiger partial charge in [-0.25, -0.2) is 9.18 Å². The molecular weight excluding hydrogens is 463 g/mol. The lowest BCUT2D eigenvalue weighted by Crippen LogP contribution is -2.53. The van der Waals surface area contributed by atoms with Gasteiger partial charge in [0, 0.05) is 24.4 Å². The van der Waals surface area contributed by atoms with E-state index >= 15 is 0 Å². The van der Waals surface area contributed by atoms with Crippen molar-refractivity contribution in [2.24, 2.45) is 5.92 Å². The Bertz CT molecular complexity index is 1150. The highest BCUT2D eigenvalue weighted by Crippen LogP contribution is 2.52. The van der Waals surface area contributed by atoms with Gasteiger partial charge >= 0.3 is 12.1 Å². The normalized spacial score (nSPS) is 23.4. The van der Waals surface area contributed by atoms with Gasteiger partial charge in [-0.05, 0) is 61.9 Å². The molecule has 0 spiro atoms. The van der Waals surface area contributed by atoms with Crippen molar-refractivity contribution in [3.8, 4) is 0 Å². The van der Waals surface area contributed by atoms with E-state index in [9.17, 15) is 18.8 Å². The zero-order valence-corrected chi connectivity index (χ0v) is 20.3. The average Bonchev–Trinajstić information content (AvgIpc) is 3.58. The summed E-state index contributed by atoms with van der Waals surface area (Å²) in [6, 6.07) is 13.4. The molecule has 0 saturated heterocycles. The van der Waals surface area contributed by atoms with E-state index in [-0.39, 0.29) is 48.6 Å². The number of carboxylic acid groups (broad SMARTS) is 1. The number of benzene rings is 2. The van der Waals surface area contributed by atoms with Crippen molar-refractivity contribution in [1.82, 2.24) is 4.90 Å². The minimum absolute atomic E-state index is 0.0250. The Morgan fingerprint density at radius 2 is 1.78 bits per heavy atom. The van der Waals surface area contributed by atoms with Gasteiger partial charge in [0.1, 0.15) is 11.9 Å². The second kappa shape index (κ2) is 9.91. The molecule has 1 aliphatic heterocycles. The summed E-state index contributed by atoms with van der Waals surface area (Å²) in [6.45, 7) is 1.77. The number of carbonyl (C=O) groups excluding carboxylic acids is 2. The smallest absolute Gasteiger partial charge is 0.415 e. The zero-order chi connectivity index (χ0) is 25.4. The quantitative estimate of drug-likeness (QED) is 0.541. The van der Waals surface area contributed by atoms with E-state index in [1.54, 1.807) is 24.0 Å². The van der Waals surface area contributed by atoms with Crippen LogP contribution in [0.3, 0.4) is 0 Å². The summed E-state index contributed by atoms with van der Waals surface area (Å²) in [5.41, 5.74) is 2.35. The monoisotopic (exact) mass is 494 g/mol. The standard InChI is InChI=1S/C28H31FN2O5/c1-17(18-9-11-19(29)12-10-18)36-28(35)31-23-7-3-2-5-21(23)27(22-6-4-8-24(22)31)30(20-13-14-20)25(32)15-16-26(33)34/h2-3,5,7,9-12,17,20,22,24,27H,4,6,8,13-16H2,1H3,(H,33,34)/t17-,22?,24?,27?/m1/s1. The van der Waals surface area contributed by atoms with Crippen LogP contribution in [0.2, 0.25) is 0 Å². The van der Waals surface area contributed by atoms with Gasteiger partial charge in [-0.1, -0.05) is 36.8 Å². The van der Waals surface area contributed by atoms with Crippen LogP contribution in [-0.2, 0) is 14.3 Å². The number of rotatable bonds is 7. The summed E-state index contributed by atoms with van der Waals surface area (Å²) in [7, 11) is 0. The number of carbonyl (C=O) groups is 3. The SMILES string of the molecule is C[C@@H](OC(=O)N1c2ccccc2C(N(C(=O)CCC(=O)O)C2CC2)C2CCCC21)c1ccc(F)cc1. The summed E-state index contributed by atoms with van der Waals surface area (Å²) in [5, 5.41) is 9.13. The predicted molar refractivity (Wildman–Crippen MR) is 131 cm³/mol. The number of fused-ring (bicyclic) bond motifs is 2. The molecule has 3 aliphatic rings. The van der Waals surface area contributed by atoms with Crippen LogP contribution in [0, 0.1) is 11.7 Å². The molecular formula is C28H31FN2O5. The first kappa shape index (κ1) is 24.3. The molecule has 36 heavy (non-hydrogen) atoms. The fourth-order valence-corrected chi connectivity index (χ4v) is 5.91. The fraction of sp³-hybridized carbons (Fsp3) is 0.464. The summed E-state index contributed by atoms with van der Waals surface area (Å²) < 4.78 is 19.2. The molecule has 190 valence electrons. The average molecular weight is 495 g/mol. The summed E-state index contributed by atoms with van der Waals surface area (Å²) in [6.07, 6.45) is 3.21. The molecule has 2 aromatic carbocycles. The van der Waals surface area contributed by atoms with E-state index in [4.69, 9.17) is 9.84 Å². The molecule has 8 heteroatoms. The fourth-order valence-electron chi connectivity index (χ4n) is 5.91. The van der Waals surface area contributed by atoms with Crippen molar-refractivity contribution < 1.29 is 28.6 Å². The van der Waals surface area contributed by atoms with Gasteiger partial charge < -0.3 is 14.7 Å². The van der Waals surface area contributed by atoms with Crippen LogP contribution >= 0.6 is 0 Å². The molecule has 2 aromatic rings. The zero-order valence-electron chi connectivity index (χ0n) is 20.3. The van der Waals surface area contributed by atoms with Crippen LogP contribution in [0.15, 0.2) is 48.5 Å². The number of nitrogens with zero attached hydrogens (tertiary/aromatic N) is 2. The third kappa shape index (κ3) is 4.68. The number of amides is 2. The molecule has 1 N–H and O–H groups in total. The van der Waals surface area contributed by atoms with Crippen LogP contribution in [0.25, 0.3) is 0 Å². The second-order valence-corrected chi connectivity index (χ2v) is 10.0. The summed E-state index contributed by atoms with van der Waals surface area (Å²) in [5.74, 6) is -1.42. The first-order valence-corrected chi connectivity index (χ1v) is 12.7. The Labute approximate surface area is 209 Å². The van der Waals surface area contributed by atoms with E-state index < -0.39 is 18.2 Å². The van der Waals surface area contributed by atoms with Crippen molar-refractivity contribution in [3.63, 3.8) is 0 Å². The van der Waals surface area contributed by atoms with Gasteiger partial charge in [0.05, 0.1) is 18.2 Å². The lowest BCUT2D eigenvalue weighted by atomic mass is 9.81. The van der Waals surface area contributed by atoms with Gasteiger partial charge in [0.15, 0.2) is 0 Å². The van der Waals surface area contributed by atoms with Crippen LogP contribution in [0.4, 0.5) is 14.9 Å². The topological polar surface area (TPSA) is 87.2 Å². The predicted octanol–water partition coefficient (Wildman–Crippen LogP) is 5.61. The molecule has 0 bridgehead atoms. The first-order valence-electron chi connectivity index (χ1n) is 12.7. The number of halogens is 1. The van der Waals surface area contributed by atoms with Crippen molar-refractivity contribution in [3.05, 3.63) is 65.5 Å². The van der Waals surface area contributed by atoms with Crippen molar-refractivity contribution in [2.75, 3.05) is 4.90 Å². The highest BCUT2D eigenvalue weighted by atomic mass is 19.1. The molecule has 2 amide bonds. The Kier molecular flexibility index (Phi) is 6.69. The number of hydrogen-bond acceptors (Lipinski definition) is 4. The first-order chi connectivity index (χ1) is 17.3. The number of para-hydroxylation sites is 1. The Hall–Kier alpha value is -3.42. The second-order valence-electron chi connectivity index (χ2n) is 10.0. The molecule has 2 aliphatic carbocycles.